The summed E-state index contributed by atoms with van der Waals surface area (Å²) in [5.74, 6) is 3.60. The molecule has 2 N–H and O–H groups in total. The van der Waals surface area contributed by atoms with Crippen LogP contribution in [0.1, 0.15) is 56.6 Å². The van der Waals surface area contributed by atoms with E-state index < -0.39 is 0 Å². The Morgan fingerprint density at radius 2 is 1.81 bits per heavy atom. The zero-order valence-corrected chi connectivity index (χ0v) is 19.5. The molecule has 2 aromatic rings. The monoisotopic (exact) mass is 425 g/mol. The van der Waals surface area contributed by atoms with Crippen molar-refractivity contribution in [2.24, 2.45) is 18.0 Å². The Hall–Kier alpha value is -2.57. The highest BCUT2D eigenvalue weighted by Crippen LogP contribution is 2.28. The molecule has 1 saturated carbocycles. The van der Waals surface area contributed by atoms with E-state index in [1.165, 1.54) is 44.2 Å². The van der Waals surface area contributed by atoms with E-state index in [0.29, 0.717) is 6.54 Å². The number of anilines is 1. The molecule has 1 aromatic carbocycles. The third-order valence-corrected chi connectivity index (χ3v) is 6.28. The molecule has 0 radical (unpaired) electrons. The lowest BCUT2D eigenvalue weighted by Crippen LogP contribution is -2.39. The summed E-state index contributed by atoms with van der Waals surface area (Å²) in [5.41, 5.74) is 1.25. The van der Waals surface area contributed by atoms with Crippen LogP contribution in [-0.4, -0.2) is 47.4 Å². The molecule has 0 bridgehead atoms. The van der Waals surface area contributed by atoms with Gasteiger partial charge in [-0.1, -0.05) is 43.9 Å². The molecule has 1 fully saturated rings. The van der Waals surface area contributed by atoms with Crippen LogP contribution in [0.5, 0.6) is 0 Å². The molecular weight excluding hydrogens is 386 g/mol. The van der Waals surface area contributed by atoms with E-state index in [-0.39, 0.29) is 0 Å². The summed E-state index contributed by atoms with van der Waals surface area (Å²) in [6.07, 6.45) is 9.23. The minimum atomic E-state index is 0.527. The van der Waals surface area contributed by atoms with Gasteiger partial charge >= 0.3 is 0 Å². The Labute approximate surface area is 187 Å². The van der Waals surface area contributed by atoms with Crippen molar-refractivity contribution < 1.29 is 0 Å². The van der Waals surface area contributed by atoms with Crippen LogP contribution in [0.4, 0.5) is 5.69 Å². The van der Waals surface area contributed by atoms with Gasteiger partial charge in [0.1, 0.15) is 12.4 Å². The van der Waals surface area contributed by atoms with Crippen LogP contribution in [0.3, 0.4) is 0 Å². The molecular formula is C24H39N7. The maximum atomic E-state index is 4.77. The molecule has 0 unspecified atom stereocenters. The van der Waals surface area contributed by atoms with Gasteiger partial charge in [-0.25, -0.2) is 4.99 Å². The molecule has 0 atom stereocenters. The number of hydrogen-bond donors (Lipinski definition) is 2. The van der Waals surface area contributed by atoms with E-state index in [9.17, 15) is 0 Å². The number of hydrogen-bond acceptors (Lipinski definition) is 4. The maximum absolute atomic E-state index is 4.77. The highest BCUT2D eigenvalue weighted by atomic mass is 15.3. The van der Waals surface area contributed by atoms with Gasteiger partial charge in [-0.3, -0.25) is 0 Å². The Kier molecular flexibility index (Phi) is 9.18. The van der Waals surface area contributed by atoms with Gasteiger partial charge in [-0.2, -0.15) is 0 Å². The van der Waals surface area contributed by atoms with Crippen LogP contribution >= 0.6 is 0 Å². The van der Waals surface area contributed by atoms with Crippen molar-refractivity contribution in [3.63, 3.8) is 0 Å². The molecule has 1 aliphatic rings. The molecule has 0 saturated heterocycles. The van der Waals surface area contributed by atoms with Crippen LogP contribution in [0.25, 0.3) is 0 Å². The van der Waals surface area contributed by atoms with Gasteiger partial charge in [0, 0.05) is 39.4 Å². The first kappa shape index (κ1) is 23.1. The summed E-state index contributed by atoms with van der Waals surface area (Å²) in [6, 6.07) is 10.5. The fourth-order valence-electron chi connectivity index (χ4n) is 4.14. The lowest BCUT2D eigenvalue weighted by atomic mass is 10.0. The van der Waals surface area contributed by atoms with Gasteiger partial charge < -0.3 is 20.1 Å². The number of nitrogens with one attached hydrogen (secondary N) is 2. The highest BCUT2D eigenvalue weighted by Gasteiger charge is 2.14. The van der Waals surface area contributed by atoms with Gasteiger partial charge in [0.2, 0.25) is 0 Å². The van der Waals surface area contributed by atoms with E-state index in [2.05, 4.69) is 63.1 Å². The summed E-state index contributed by atoms with van der Waals surface area (Å²) < 4.78 is 2.00. The fraction of sp³-hybridized carbons (Fsp3) is 0.625. The largest absolute Gasteiger partial charge is 0.375 e. The van der Waals surface area contributed by atoms with Gasteiger partial charge in [-0.05, 0) is 44.2 Å². The SMILES string of the molecule is Cc1nnc(CN=C(NCCCC2CCCC2)NCCCN(C)c2ccccc2)n1C. The number of aryl methyl sites for hydroxylation is 1. The molecule has 7 nitrogen and oxygen atoms in total. The van der Waals surface area contributed by atoms with Crippen molar-refractivity contribution >= 4 is 11.6 Å². The van der Waals surface area contributed by atoms with Crippen LogP contribution in [-0.2, 0) is 13.6 Å². The number of aromatic nitrogens is 3. The summed E-state index contributed by atoms with van der Waals surface area (Å²) in [7, 11) is 4.13. The summed E-state index contributed by atoms with van der Waals surface area (Å²) >= 11 is 0. The number of para-hydroxylation sites is 1. The average Bonchev–Trinajstić information content (AvgIpc) is 3.42. The summed E-state index contributed by atoms with van der Waals surface area (Å²) in [4.78, 5) is 7.06. The lowest BCUT2D eigenvalue weighted by molar-refractivity contribution is 0.481. The van der Waals surface area contributed by atoms with Crippen LogP contribution in [0.15, 0.2) is 35.3 Å². The number of rotatable bonds is 11. The second-order valence-electron chi connectivity index (χ2n) is 8.64. The van der Waals surface area contributed by atoms with Gasteiger partial charge in [0.15, 0.2) is 11.8 Å². The van der Waals surface area contributed by atoms with Gasteiger partial charge in [-0.15, -0.1) is 10.2 Å². The van der Waals surface area contributed by atoms with E-state index in [0.717, 1.165) is 49.6 Å². The predicted octanol–water partition coefficient (Wildman–Crippen LogP) is 3.66. The molecule has 1 aromatic heterocycles. The first-order valence-electron chi connectivity index (χ1n) is 11.8. The lowest BCUT2D eigenvalue weighted by Gasteiger charge is -2.20. The molecule has 31 heavy (non-hydrogen) atoms. The first-order valence-corrected chi connectivity index (χ1v) is 11.8. The van der Waals surface area contributed by atoms with Crippen LogP contribution < -0.4 is 15.5 Å². The quantitative estimate of drug-likeness (QED) is 0.327. The van der Waals surface area contributed by atoms with Crippen molar-refractivity contribution in [3.8, 4) is 0 Å². The topological polar surface area (TPSA) is 70.4 Å². The predicted molar refractivity (Wildman–Crippen MR) is 128 cm³/mol. The van der Waals surface area contributed by atoms with E-state index >= 15 is 0 Å². The molecule has 1 heterocycles. The molecule has 3 rings (SSSR count). The summed E-state index contributed by atoms with van der Waals surface area (Å²) in [6.45, 7) is 5.32. The molecule has 170 valence electrons. The van der Waals surface area contributed by atoms with E-state index in [4.69, 9.17) is 4.99 Å². The number of aliphatic imine (C=N–C) groups is 1. The third kappa shape index (κ3) is 7.56. The average molecular weight is 426 g/mol. The van der Waals surface area contributed by atoms with E-state index in [1.807, 2.05) is 18.5 Å². The summed E-state index contributed by atoms with van der Waals surface area (Å²) in [5, 5.41) is 15.4. The zero-order valence-electron chi connectivity index (χ0n) is 19.5. The Morgan fingerprint density at radius 3 is 2.48 bits per heavy atom. The van der Waals surface area contributed by atoms with Crippen LogP contribution in [0.2, 0.25) is 0 Å². The second kappa shape index (κ2) is 12.3. The number of nitrogens with zero attached hydrogens (tertiary/aromatic N) is 5. The van der Waals surface area contributed by atoms with Gasteiger partial charge in [0.25, 0.3) is 0 Å². The smallest absolute Gasteiger partial charge is 0.191 e. The van der Waals surface area contributed by atoms with E-state index in [1.54, 1.807) is 0 Å². The molecule has 0 amide bonds. The minimum absolute atomic E-state index is 0.527. The zero-order chi connectivity index (χ0) is 21.9. The third-order valence-electron chi connectivity index (χ3n) is 6.28. The maximum Gasteiger partial charge on any atom is 0.191 e. The molecule has 0 aliphatic heterocycles. The highest BCUT2D eigenvalue weighted by molar-refractivity contribution is 5.79. The fourth-order valence-corrected chi connectivity index (χ4v) is 4.14. The molecule has 0 spiro atoms. The van der Waals surface area contributed by atoms with Crippen LogP contribution in [0, 0.1) is 12.8 Å². The number of benzene rings is 1. The Balaban J connectivity index is 1.45. The standard InChI is InChI=1S/C24H39N7/c1-20-28-29-23(31(20)3)19-27-24(25-16-9-13-21-11-7-8-12-21)26-17-10-18-30(2)22-14-5-4-6-15-22/h4-6,14-15,21H,7-13,16-19H2,1-3H3,(H2,25,26,27). The second-order valence-corrected chi connectivity index (χ2v) is 8.64. The molecule has 7 heteroatoms. The Morgan fingerprint density at radius 1 is 1.10 bits per heavy atom. The minimum Gasteiger partial charge on any atom is -0.375 e. The van der Waals surface area contributed by atoms with Gasteiger partial charge in [0.05, 0.1) is 0 Å². The molecule has 1 aliphatic carbocycles. The normalized spacial score (nSPS) is 14.7. The first-order chi connectivity index (χ1) is 15.1. The number of guanidine groups is 1. The van der Waals surface area contributed by atoms with Crippen molar-refractivity contribution in [2.75, 3.05) is 31.6 Å². The van der Waals surface area contributed by atoms with Crippen molar-refractivity contribution in [2.45, 2.75) is 58.4 Å². The van der Waals surface area contributed by atoms with Crippen molar-refractivity contribution in [1.29, 1.82) is 0 Å². The van der Waals surface area contributed by atoms with Crippen molar-refractivity contribution in [1.82, 2.24) is 25.4 Å². The Bertz CT molecular complexity index is 794. The van der Waals surface area contributed by atoms with Crippen molar-refractivity contribution in [3.05, 3.63) is 42.0 Å².